The van der Waals surface area contributed by atoms with Crippen molar-refractivity contribution >= 4 is 0 Å². The van der Waals surface area contributed by atoms with Crippen molar-refractivity contribution in [2.24, 2.45) is 0 Å². The first-order chi connectivity index (χ1) is 10.7. The predicted molar refractivity (Wildman–Crippen MR) is 83.0 cm³/mol. The summed E-state index contributed by atoms with van der Waals surface area (Å²) in [6.07, 6.45) is 5.48. The highest BCUT2D eigenvalue weighted by molar-refractivity contribution is 5.27. The van der Waals surface area contributed by atoms with E-state index in [-0.39, 0.29) is 5.82 Å². The van der Waals surface area contributed by atoms with Crippen molar-refractivity contribution in [2.45, 2.75) is 20.0 Å². The Hall–Kier alpha value is -2.53. The summed E-state index contributed by atoms with van der Waals surface area (Å²) in [4.78, 5) is 8.63. The fourth-order valence-electron chi connectivity index (χ4n) is 2.28. The van der Waals surface area contributed by atoms with E-state index in [0.717, 1.165) is 22.8 Å². The third-order valence-corrected chi connectivity index (χ3v) is 3.43. The number of nitrogens with zero attached hydrogens (tertiary/aromatic N) is 3. The normalized spacial score (nSPS) is 10.8. The molecule has 3 rings (SSSR count). The Morgan fingerprint density at radius 2 is 1.95 bits per heavy atom. The number of pyridine rings is 1. The van der Waals surface area contributed by atoms with Crippen LogP contribution in [-0.2, 0) is 13.1 Å². The number of nitrogens with one attached hydrogen (secondary N) is 1. The molecular weight excluding hydrogens is 279 g/mol. The molecule has 0 atom stereocenters. The van der Waals surface area contributed by atoms with Crippen LogP contribution < -0.4 is 5.32 Å². The van der Waals surface area contributed by atoms with Gasteiger partial charge in [0.2, 0.25) is 0 Å². The van der Waals surface area contributed by atoms with Gasteiger partial charge in [-0.05, 0) is 36.2 Å². The first kappa shape index (κ1) is 14.4. The number of imidazole rings is 1. The summed E-state index contributed by atoms with van der Waals surface area (Å²) in [5.74, 6) is 1.55. The molecule has 0 fully saturated rings. The van der Waals surface area contributed by atoms with Crippen molar-refractivity contribution in [2.75, 3.05) is 0 Å². The van der Waals surface area contributed by atoms with E-state index in [1.54, 1.807) is 12.3 Å². The molecule has 4 nitrogen and oxygen atoms in total. The van der Waals surface area contributed by atoms with Crippen LogP contribution in [0.5, 0.6) is 0 Å². The summed E-state index contributed by atoms with van der Waals surface area (Å²) in [6, 6.07) is 10.6. The van der Waals surface area contributed by atoms with Gasteiger partial charge in [0.05, 0.1) is 0 Å². The van der Waals surface area contributed by atoms with Crippen LogP contribution in [0.15, 0.2) is 55.0 Å². The third kappa shape index (κ3) is 3.38. The molecule has 0 bridgehead atoms. The van der Waals surface area contributed by atoms with Gasteiger partial charge in [0.15, 0.2) is 0 Å². The molecule has 2 heterocycles. The van der Waals surface area contributed by atoms with Gasteiger partial charge in [0, 0.05) is 31.7 Å². The molecule has 0 unspecified atom stereocenters. The van der Waals surface area contributed by atoms with Crippen LogP contribution in [-0.4, -0.2) is 14.5 Å². The van der Waals surface area contributed by atoms with E-state index in [0.29, 0.717) is 13.1 Å². The average Bonchev–Trinajstić information content (AvgIpc) is 2.94. The Kier molecular flexibility index (Phi) is 4.25. The highest BCUT2D eigenvalue weighted by atomic mass is 19.1. The molecule has 0 aliphatic carbocycles. The van der Waals surface area contributed by atoms with E-state index in [2.05, 4.69) is 15.3 Å². The van der Waals surface area contributed by atoms with E-state index < -0.39 is 0 Å². The zero-order valence-electron chi connectivity index (χ0n) is 12.3. The molecule has 0 radical (unpaired) electrons. The molecule has 112 valence electrons. The molecule has 5 heteroatoms. The van der Waals surface area contributed by atoms with E-state index in [9.17, 15) is 4.39 Å². The van der Waals surface area contributed by atoms with Crippen LogP contribution in [0, 0.1) is 12.7 Å². The van der Waals surface area contributed by atoms with Gasteiger partial charge in [-0.3, -0.25) is 4.57 Å². The molecule has 0 aliphatic heterocycles. The highest BCUT2D eigenvalue weighted by Gasteiger charge is 2.02. The summed E-state index contributed by atoms with van der Waals surface area (Å²) in [7, 11) is 0. The van der Waals surface area contributed by atoms with E-state index >= 15 is 0 Å². The minimum Gasteiger partial charge on any atom is -0.309 e. The van der Waals surface area contributed by atoms with Gasteiger partial charge in [-0.1, -0.05) is 18.2 Å². The number of hydrogen-bond donors (Lipinski definition) is 1. The van der Waals surface area contributed by atoms with Crippen molar-refractivity contribution in [1.82, 2.24) is 19.9 Å². The summed E-state index contributed by atoms with van der Waals surface area (Å²) < 4.78 is 15.0. The van der Waals surface area contributed by atoms with Crippen molar-refractivity contribution < 1.29 is 4.39 Å². The Bertz CT molecular complexity index is 749. The molecule has 0 aliphatic rings. The van der Waals surface area contributed by atoms with Gasteiger partial charge < -0.3 is 5.32 Å². The van der Waals surface area contributed by atoms with Crippen LogP contribution in [0.1, 0.15) is 17.0 Å². The molecule has 2 aromatic heterocycles. The van der Waals surface area contributed by atoms with E-state index in [1.165, 1.54) is 12.1 Å². The van der Waals surface area contributed by atoms with Crippen LogP contribution in [0.2, 0.25) is 0 Å². The molecule has 0 amide bonds. The second-order valence-electron chi connectivity index (χ2n) is 5.10. The van der Waals surface area contributed by atoms with Gasteiger partial charge in [-0.15, -0.1) is 0 Å². The second-order valence-corrected chi connectivity index (χ2v) is 5.10. The number of aryl methyl sites for hydroxylation is 1. The lowest BCUT2D eigenvalue weighted by Crippen LogP contribution is -2.13. The van der Waals surface area contributed by atoms with Crippen LogP contribution >= 0.6 is 0 Å². The van der Waals surface area contributed by atoms with Crippen LogP contribution in [0.25, 0.3) is 5.82 Å². The van der Waals surface area contributed by atoms with Crippen molar-refractivity contribution in [3.63, 3.8) is 0 Å². The number of halogens is 1. The zero-order chi connectivity index (χ0) is 15.4. The Labute approximate surface area is 128 Å². The zero-order valence-corrected chi connectivity index (χ0v) is 12.3. The van der Waals surface area contributed by atoms with Crippen molar-refractivity contribution in [3.05, 3.63) is 77.8 Å². The lowest BCUT2D eigenvalue weighted by molar-refractivity contribution is 0.620. The first-order valence-electron chi connectivity index (χ1n) is 7.13. The lowest BCUT2D eigenvalue weighted by Gasteiger charge is -2.07. The van der Waals surface area contributed by atoms with Gasteiger partial charge in [0.25, 0.3) is 0 Å². The fraction of sp³-hybridized carbons (Fsp3) is 0.176. The SMILES string of the molecule is Cc1nccn1-c1ccc(CNCc2cccc(F)c2)cn1. The summed E-state index contributed by atoms with van der Waals surface area (Å²) >= 11 is 0. The molecule has 3 aromatic rings. The van der Waals surface area contributed by atoms with Gasteiger partial charge in [-0.2, -0.15) is 0 Å². The van der Waals surface area contributed by atoms with E-state index in [4.69, 9.17) is 0 Å². The smallest absolute Gasteiger partial charge is 0.137 e. The van der Waals surface area contributed by atoms with Crippen LogP contribution in [0.4, 0.5) is 4.39 Å². The molecule has 1 aromatic carbocycles. The molecule has 0 saturated heterocycles. The topological polar surface area (TPSA) is 42.7 Å². The van der Waals surface area contributed by atoms with Crippen molar-refractivity contribution in [1.29, 1.82) is 0 Å². The van der Waals surface area contributed by atoms with E-state index in [1.807, 2.05) is 42.1 Å². The maximum absolute atomic E-state index is 13.1. The first-order valence-corrected chi connectivity index (χ1v) is 7.13. The Morgan fingerprint density at radius 1 is 1.09 bits per heavy atom. The monoisotopic (exact) mass is 296 g/mol. The third-order valence-electron chi connectivity index (χ3n) is 3.43. The molecule has 1 N–H and O–H groups in total. The highest BCUT2D eigenvalue weighted by Crippen LogP contribution is 2.09. The predicted octanol–water partition coefficient (Wildman–Crippen LogP) is 3.00. The summed E-state index contributed by atoms with van der Waals surface area (Å²) in [6.45, 7) is 3.25. The second kappa shape index (κ2) is 6.49. The fourth-order valence-corrected chi connectivity index (χ4v) is 2.28. The maximum atomic E-state index is 13.1. The standard InChI is InChI=1S/C17H17FN4/c1-13-20-7-8-22(13)17-6-5-15(12-21-17)11-19-10-14-3-2-4-16(18)9-14/h2-9,12,19H,10-11H2,1H3. The molecular formula is C17H17FN4. The Morgan fingerprint density at radius 3 is 2.64 bits per heavy atom. The van der Waals surface area contributed by atoms with Gasteiger partial charge in [-0.25, -0.2) is 14.4 Å². The number of aromatic nitrogens is 3. The number of hydrogen-bond acceptors (Lipinski definition) is 3. The largest absolute Gasteiger partial charge is 0.309 e. The summed E-state index contributed by atoms with van der Waals surface area (Å²) in [5.41, 5.74) is 2.01. The molecule has 22 heavy (non-hydrogen) atoms. The van der Waals surface area contributed by atoms with Crippen molar-refractivity contribution in [3.8, 4) is 5.82 Å². The Balaban J connectivity index is 1.59. The average molecular weight is 296 g/mol. The van der Waals surface area contributed by atoms with Crippen LogP contribution in [0.3, 0.4) is 0 Å². The lowest BCUT2D eigenvalue weighted by atomic mass is 10.2. The maximum Gasteiger partial charge on any atom is 0.137 e. The molecule has 0 saturated carbocycles. The van der Waals surface area contributed by atoms with Gasteiger partial charge >= 0.3 is 0 Å². The minimum atomic E-state index is -0.207. The number of rotatable bonds is 5. The van der Waals surface area contributed by atoms with Gasteiger partial charge in [0.1, 0.15) is 17.5 Å². The quantitative estimate of drug-likeness (QED) is 0.787. The molecule has 0 spiro atoms. The minimum absolute atomic E-state index is 0.207. The number of benzene rings is 1. The summed E-state index contributed by atoms with van der Waals surface area (Å²) in [5, 5.41) is 3.28.